The zero-order valence-electron chi connectivity index (χ0n) is 11.3. The van der Waals surface area contributed by atoms with E-state index in [1.165, 1.54) is 0 Å². The van der Waals surface area contributed by atoms with Crippen molar-refractivity contribution in [3.63, 3.8) is 0 Å². The number of aryl methyl sites for hydroxylation is 1. The minimum absolute atomic E-state index is 0.159. The Hall–Kier alpha value is -1.85. The summed E-state index contributed by atoms with van der Waals surface area (Å²) in [4.78, 5) is 12.4. The molecule has 1 saturated carbocycles. The zero-order valence-corrected chi connectivity index (χ0v) is 11.3. The third kappa shape index (κ3) is 2.19. The highest BCUT2D eigenvalue weighted by molar-refractivity contribution is 6.06. The third-order valence-electron chi connectivity index (χ3n) is 4.00. The second-order valence-corrected chi connectivity index (χ2v) is 5.44. The summed E-state index contributed by atoms with van der Waals surface area (Å²) in [5, 5.41) is 22.8. The standard InChI is InChI=1S/C15H18N2O3/c1-17-6-5-10-11(3-2-4-12(10)17)15(20)16-9-7-13(18)14(19)8-9/h2-6,9,13-14,18-19H,7-8H2,1H3,(H,16,20)/t9?,13-,14+. The largest absolute Gasteiger partial charge is 0.390 e. The number of rotatable bonds is 2. The highest BCUT2D eigenvalue weighted by Crippen LogP contribution is 2.22. The number of aliphatic hydroxyl groups is 2. The van der Waals surface area contributed by atoms with E-state index in [-0.39, 0.29) is 11.9 Å². The molecule has 0 aliphatic heterocycles. The number of nitrogens with zero attached hydrogens (tertiary/aromatic N) is 1. The molecule has 3 N–H and O–H groups in total. The molecule has 1 aromatic heterocycles. The Balaban J connectivity index is 1.83. The van der Waals surface area contributed by atoms with E-state index < -0.39 is 12.2 Å². The maximum Gasteiger partial charge on any atom is 0.252 e. The number of hydrogen-bond acceptors (Lipinski definition) is 3. The smallest absolute Gasteiger partial charge is 0.252 e. The van der Waals surface area contributed by atoms with Gasteiger partial charge >= 0.3 is 0 Å². The van der Waals surface area contributed by atoms with Crippen molar-refractivity contribution in [3.05, 3.63) is 36.0 Å². The SMILES string of the molecule is Cn1ccc2c(C(=O)NC3C[C@@H](O)[C@@H](O)C3)cccc21. The van der Waals surface area contributed by atoms with E-state index in [0.717, 1.165) is 10.9 Å². The van der Waals surface area contributed by atoms with Crippen LogP contribution in [0.4, 0.5) is 0 Å². The van der Waals surface area contributed by atoms with Gasteiger partial charge in [-0.25, -0.2) is 0 Å². The number of fused-ring (bicyclic) bond motifs is 1. The monoisotopic (exact) mass is 274 g/mol. The first-order valence-corrected chi connectivity index (χ1v) is 6.77. The maximum atomic E-state index is 12.4. The van der Waals surface area contributed by atoms with E-state index >= 15 is 0 Å². The van der Waals surface area contributed by atoms with E-state index in [9.17, 15) is 15.0 Å². The average molecular weight is 274 g/mol. The van der Waals surface area contributed by atoms with Gasteiger partial charge in [-0.2, -0.15) is 0 Å². The Bertz CT molecular complexity index is 640. The lowest BCUT2D eigenvalue weighted by atomic mass is 10.1. The van der Waals surface area contributed by atoms with E-state index in [2.05, 4.69) is 5.32 Å². The molecule has 1 amide bonds. The van der Waals surface area contributed by atoms with Crippen LogP contribution in [0.3, 0.4) is 0 Å². The zero-order chi connectivity index (χ0) is 14.3. The topological polar surface area (TPSA) is 74.5 Å². The van der Waals surface area contributed by atoms with Crippen LogP contribution in [0.1, 0.15) is 23.2 Å². The highest BCUT2D eigenvalue weighted by Gasteiger charge is 2.32. The van der Waals surface area contributed by atoms with Crippen molar-refractivity contribution >= 4 is 16.8 Å². The molecule has 5 nitrogen and oxygen atoms in total. The van der Waals surface area contributed by atoms with Gasteiger partial charge in [-0.05, 0) is 31.0 Å². The number of carbonyl (C=O) groups excluding carboxylic acids is 1. The van der Waals surface area contributed by atoms with Crippen LogP contribution in [0, 0.1) is 0 Å². The minimum atomic E-state index is -0.743. The van der Waals surface area contributed by atoms with Crippen molar-refractivity contribution in [2.24, 2.45) is 7.05 Å². The lowest BCUT2D eigenvalue weighted by Gasteiger charge is -2.12. The maximum absolute atomic E-state index is 12.4. The number of hydrogen-bond donors (Lipinski definition) is 3. The number of benzene rings is 1. The summed E-state index contributed by atoms with van der Waals surface area (Å²) < 4.78 is 1.97. The van der Waals surface area contributed by atoms with Crippen molar-refractivity contribution in [1.29, 1.82) is 0 Å². The van der Waals surface area contributed by atoms with Crippen LogP contribution in [0.25, 0.3) is 10.9 Å². The molecule has 3 rings (SSSR count). The summed E-state index contributed by atoms with van der Waals surface area (Å²) in [6, 6.07) is 7.36. The third-order valence-corrected chi connectivity index (χ3v) is 4.00. The molecule has 5 heteroatoms. The van der Waals surface area contributed by atoms with Gasteiger partial charge in [-0.15, -0.1) is 0 Å². The molecule has 1 fully saturated rings. The van der Waals surface area contributed by atoms with Crippen LogP contribution in [0.2, 0.25) is 0 Å². The Kier molecular flexibility index (Phi) is 3.23. The van der Waals surface area contributed by atoms with E-state index in [1.54, 1.807) is 6.07 Å². The molecule has 106 valence electrons. The molecule has 0 spiro atoms. The summed E-state index contributed by atoms with van der Waals surface area (Å²) in [5.41, 5.74) is 1.63. The summed E-state index contributed by atoms with van der Waals surface area (Å²) >= 11 is 0. The molecule has 2 aromatic rings. The number of carbonyl (C=O) groups is 1. The summed E-state index contributed by atoms with van der Waals surface area (Å²) in [5.74, 6) is -0.159. The molecular formula is C15H18N2O3. The van der Waals surface area contributed by atoms with E-state index in [1.807, 2.05) is 36.0 Å². The molecule has 1 unspecified atom stereocenters. The fourth-order valence-electron chi connectivity index (χ4n) is 2.87. The molecule has 1 aromatic carbocycles. The lowest BCUT2D eigenvalue weighted by molar-refractivity contribution is 0.0438. The van der Waals surface area contributed by atoms with Crippen molar-refractivity contribution in [2.75, 3.05) is 0 Å². The van der Waals surface area contributed by atoms with Gasteiger partial charge < -0.3 is 20.1 Å². The quantitative estimate of drug-likeness (QED) is 0.758. The Morgan fingerprint density at radius 3 is 2.65 bits per heavy atom. The second-order valence-electron chi connectivity index (χ2n) is 5.44. The summed E-state index contributed by atoms with van der Waals surface area (Å²) in [7, 11) is 1.94. The molecule has 1 heterocycles. The van der Waals surface area contributed by atoms with Gasteiger partial charge in [-0.1, -0.05) is 6.07 Å². The second kappa shape index (κ2) is 4.92. The van der Waals surface area contributed by atoms with Crippen molar-refractivity contribution in [1.82, 2.24) is 9.88 Å². The van der Waals surface area contributed by atoms with Gasteiger partial charge in [-0.3, -0.25) is 4.79 Å². The predicted molar refractivity (Wildman–Crippen MR) is 75.4 cm³/mol. The van der Waals surface area contributed by atoms with Crippen molar-refractivity contribution < 1.29 is 15.0 Å². The van der Waals surface area contributed by atoms with Gasteiger partial charge in [0.05, 0.1) is 12.2 Å². The molecule has 0 radical (unpaired) electrons. The molecule has 1 aliphatic carbocycles. The number of amides is 1. The molecular weight excluding hydrogens is 256 g/mol. The first kappa shape index (κ1) is 13.1. The van der Waals surface area contributed by atoms with Crippen molar-refractivity contribution in [3.8, 4) is 0 Å². The highest BCUT2D eigenvalue weighted by atomic mass is 16.3. The van der Waals surface area contributed by atoms with Crippen LogP contribution in [0.5, 0.6) is 0 Å². The van der Waals surface area contributed by atoms with E-state index in [0.29, 0.717) is 18.4 Å². The molecule has 1 aliphatic rings. The van der Waals surface area contributed by atoms with Crippen LogP contribution in [0.15, 0.2) is 30.5 Å². The Labute approximate surface area is 116 Å². The summed E-state index contributed by atoms with van der Waals surface area (Å²) in [6.45, 7) is 0. The predicted octanol–water partition coefficient (Wildman–Crippen LogP) is 0.792. The lowest BCUT2D eigenvalue weighted by Crippen LogP contribution is -2.33. The average Bonchev–Trinajstić information content (AvgIpc) is 2.94. The van der Waals surface area contributed by atoms with Gasteiger partial charge in [0, 0.05) is 35.8 Å². The van der Waals surface area contributed by atoms with Crippen LogP contribution in [-0.2, 0) is 7.05 Å². The minimum Gasteiger partial charge on any atom is -0.390 e. The number of aromatic nitrogens is 1. The van der Waals surface area contributed by atoms with Crippen molar-refractivity contribution in [2.45, 2.75) is 31.1 Å². The molecule has 0 saturated heterocycles. The van der Waals surface area contributed by atoms with Gasteiger partial charge in [0.1, 0.15) is 0 Å². The Morgan fingerprint density at radius 2 is 1.95 bits per heavy atom. The fourth-order valence-corrected chi connectivity index (χ4v) is 2.87. The number of aliphatic hydroxyl groups excluding tert-OH is 2. The van der Waals surface area contributed by atoms with Crippen LogP contribution >= 0.6 is 0 Å². The molecule has 0 bridgehead atoms. The van der Waals surface area contributed by atoms with Gasteiger partial charge in [0.2, 0.25) is 0 Å². The first-order chi connectivity index (χ1) is 9.56. The van der Waals surface area contributed by atoms with Crippen LogP contribution in [-0.4, -0.2) is 38.9 Å². The molecule has 20 heavy (non-hydrogen) atoms. The van der Waals surface area contributed by atoms with Gasteiger partial charge in [0.15, 0.2) is 0 Å². The normalized spacial score (nSPS) is 26.1. The first-order valence-electron chi connectivity index (χ1n) is 6.77. The van der Waals surface area contributed by atoms with Crippen LogP contribution < -0.4 is 5.32 Å². The molecule has 3 atom stereocenters. The summed E-state index contributed by atoms with van der Waals surface area (Å²) in [6.07, 6.45) is 1.24. The van der Waals surface area contributed by atoms with Gasteiger partial charge in [0.25, 0.3) is 5.91 Å². The fraction of sp³-hybridized carbons (Fsp3) is 0.400. The van der Waals surface area contributed by atoms with E-state index in [4.69, 9.17) is 0 Å². The number of nitrogens with one attached hydrogen (secondary N) is 1. The Morgan fingerprint density at radius 1 is 1.25 bits per heavy atom.